The van der Waals surface area contributed by atoms with Crippen LogP contribution in [0.5, 0.6) is 5.75 Å². The van der Waals surface area contributed by atoms with Gasteiger partial charge in [-0.2, -0.15) is 0 Å². The van der Waals surface area contributed by atoms with Crippen molar-refractivity contribution < 1.29 is 23.1 Å². The van der Waals surface area contributed by atoms with Gasteiger partial charge in [0.05, 0.1) is 19.7 Å². The van der Waals surface area contributed by atoms with Gasteiger partial charge in [-0.1, -0.05) is 6.07 Å². The second-order valence-corrected chi connectivity index (χ2v) is 5.27. The normalized spacial score (nSPS) is 19.2. The molecule has 0 spiro atoms. The maximum atomic E-state index is 13.0. The van der Waals surface area contributed by atoms with E-state index in [9.17, 15) is 18.4 Å². The molecule has 3 N–H and O–H groups in total. The molecule has 2 amide bonds. The Labute approximate surface area is 132 Å². The van der Waals surface area contributed by atoms with Crippen molar-refractivity contribution >= 4 is 11.8 Å². The van der Waals surface area contributed by atoms with Gasteiger partial charge in [-0.15, -0.1) is 0 Å². The Morgan fingerprint density at radius 2 is 2.09 bits per heavy atom. The summed E-state index contributed by atoms with van der Waals surface area (Å²) >= 11 is 0. The van der Waals surface area contributed by atoms with E-state index in [-0.39, 0.29) is 19.0 Å². The van der Waals surface area contributed by atoms with Crippen LogP contribution in [0.25, 0.3) is 0 Å². The molecule has 1 unspecified atom stereocenters. The van der Waals surface area contributed by atoms with E-state index >= 15 is 0 Å². The first kappa shape index (κ1) is 17.1. The van der Waals surface area contributed by atoms with E-state index in [4.69, 9.17) is 4.74 Å². The average Bonchev–Trinajstić information content (AvgIpc) is 2.91. The van der Waals surface area contributed by atoms with Crippen LogP contribution in [0.1, 0.15) is 16.8 Å². The lowest BCUT2D eigenvalue weighted by Crippen LogP contribution is -2.43. The summed E-state index contributed by atoms with van der Waals surface area (Å²) in [6.07, 6.45) is -0.505. The summed E-state index contributed by atoms with van der Waals surface area (Å²) in [4.78, 5) is 23.6. The molecule has 1 fully saturated rings. The number of rotatable bonds is 6. The van der Waals surface area contributed by atoms with E-state index in [1.54, 1.807) is 24.3 Å². The van der Waals surface area contributed by atoms with Gasteiger partial charge >= 0.3 is 0 Å². The SMILES string of the molecule is COc1cccc(C(=O)NCCNC(=O)C2CC(F)(F)CN2)c1. The molecule has 2 rings (SSSR count). The summed E-state index contributed by atoms with van der Waals surface area (Å²) in [6, 6.07) is 5.77. The Morgan fingerprint density at radius 1 is 1.35 bits per heavy atom. The second kappa shape index (κ2) is 7.36. The average molecular weight is 327 g/mol. The summed E-state index contributed by atoms with van der Waals surface area (Å²) in [5.41, 5.74) is 0.438. The first-order chi connectivity index (χ1) is 10.9. The summed E-state index contributed by atoms with van der Waals surface area (Å²) < 4.78 is 31.0. The lowest BCUT2D eigenvalue weighted by Gasteiger charge is -2.12. The number of benzene rings is 1. The highest BCUT2D eigenvalue weighted by atomic mass is 19.3. The molecule has 1 aliphatic rings. The Bertz CT molecular complexity index is 581. The van der Waals surface area contributed by atoms with Crippen LogP contribution in [-0.4, -0.2) is 50.5 Å². The van der Waals surface area contributed by atoms with Crippen molar-refractivity contribution in [3.05, 3.63) is 29.8 Å². The van der Waals surface area contributed by atoms with Gasteiger partial charge in [0.2, 0.25) is 5.91 Å². The van der Waals surface area contributed by atoms with Crippen molar-refractivity contribution in [2.24, 2.45) is 0 Å². The maximum Gasteiger partial charge on any atom is 0.262 e. The fraction of sp³-hybridized carbons (Fsp3) is 0.467. The molecule has 8 heteroatoms. The van der Waals surface area contributed by atoms with E-state index in [1.165, 1.54) is 7.11 Å². The maximum absolute atomic E-state index is 13.0. The molecule has 0 saturated carbocycles. The first-order valence-corrected chi connectivity index (χ1v) is 7.22. The van der Waals surface area contributed by atoms with Crippen molar-refractivity contribution in [3.63, 3.8) is 0 Å². The van der Waals surface area contributed by atoms with Gasteiger partial charge in [0.1, 0.15) is 5.75 Å². The largest absolute Gasteiger partial charge is 0.497 e. The van der Waals surface area contributed by atoms with Gasteiger partial charge in [-0.3, -0.25) is 14.9 Å². The Hall–Kier alpha value is -2.22. The topological polar surface area (TPSA) is 79.5 Å². The van der Waals surface area contributed by atoms with Gasteiger partial charge in [0.25, 0.3) is 11.8 Å². The number of amides is 2. The fourth-order valence-corrected chi connectivity index (χ4v) is 2.25. The van der Waals surface area contributed by atoms with Crippen LogP contribution >= 0.6 is 0 Å². The van der Waals surface area contributed by atoms with Crippen LogP contribution < -0.4 is 20.7 Å². The van der Waals surface area contributed by atoms with Crippen molar-refractivity contribution in [2.75, 3.05) is 26.7 Å². The third-order valence-corrected chi connectivity index (χ3v) is 3.47. The van der Waals surface area contributed by atoms with Crippen molar-refractivity contribution in [3.8, 4) is 5.75 Å². The molecule has 0 bridgehead atoms. The zero-order valence-electron chi connectivity index (χ0n) is 12.7. The van der Waals surface area contributed by atoms with E-state index in [2.05, 4.69) is 16.0 Å². The molecule has 6 nitrogen and oxygen atoms in total. The number of hydrogen-bond donors (Lipinski definition) is 3. The fourth-order valence-electron chi connectivity index (χ4n) is 2.25. The number of nitrogens with one attached hydrogen (secondary N) is 3. The quantitative estimate of drug-likeness (QED) is 0.666. The van der Waals surface area contributed by atoms with E-state index < -0.39 is 30.8 Å². The molecule has 1 saturated heterocycles. The Kier molecular flexibility index (Phi) is 5.49. The molecule has 0 aromatic heterocycles. The van der Waals surface area contributed by atoms with E-state index in [1.807, 2.05) is 0 Å². The summed E-state index contributed by atoms with van der Waals surface area (Å²) in [6.45, 7) is -0.124. The number of hydrogen-bond acceptors (Lipinski definition) is 4. The Morgan fingerprint density at radius 3 is 2.74 bits per heavy atom. The number of carbonyl (C=O) groups is 2. The smallest absolute Gasteiger partial charge is 0.262 e. The van der Waals surface area contributed by atoms with Crippen LogP contribution in [-0.2, 0) is 4.79 Å². The first-order valence-electron chi connectivity index (χ1n) is 7.22. The molecule has 0 aliphatic carbocycles. The molecule has 1 aromatic carbocycles. The van der Waals surface area contributed by atoms with Crippen molar-refractivity contribution in [1.29, 1.82) is 0 Å². The Balaban J connectivity index is 1.70. The molecular weight excluding hydrogens is 308 g/mol. The zero-order valence-corrected chi connectivity index (χ0v) is 12.7. The molecular formula is C15H19F2N3O3. The molecule has 23 heavy (non-hydrogen) atoms. The lowest BCUT2D eigenvalue weighted by atomic mass is 10.2. The van der Waals surface area contributed by atoms with Gasteiger partial charge in [0.15, 0.2) is 0 Å². The molecule has 1 aromatic rings. The summed E-state index contributed by atoms with van der Waals surface area (Å²) in [5.74, 6) is -3.07. The molecule has 1 aliphatic heterocycles. The van der Waals surface area contributed by atoms with Crippen molar-refractivity contribution in [1.82, 2.24) is 16.0 Å². The number of carbonyl (C=O) groups excluding carboxylic acids is 2. The summed E-state index contributed by atoms with van der Waals surface area (Å²) in [7, 11) is 1.51. The number of ether oxygens (including phenoxy) is 1. The lowest BCUT2D eigenvalue weighted by molar-refractivity contribution is -0.123. The number of methoxy groups -OCH3 is 1. The van der Waals surface area contributed by atoms with Crippen LogP contribution in [0.15, 0.2) is 24.3 Å². The van der Waals surface area contributed by atoms with Crippen LogP contribution in [0.4, 0.5) is 8.78 Å². The monoisotopic (exact) mass is 327 g/mol. The van der Waals surface area contributed by atoms with Gasteiger partial charge in [0, 0.05) is 25.1 Å². The minimum absolute atomic E-state index is 0.165. The molecule has 1 atom stereocenters. The van der Waals surface area contributed by atoms with Crippen LogP contribution in [0.2, 0.25) is 0 Å². The predicted molar refractivity (Wildman–Crippen MR) is 79.7 cm³/mol. The highest BCUT2D eigenvalue weighted by Gasteiger charge is 2.42. The molecule has 1 heterocycles. The van der Waals surface area contributed by atoms with Gasteiger partial charge < -0.3 is 15.4 Å². The van der Waals surface area contributed by atoms with E-state index in [0.717, 1.165) is 0 Å². The predicted octanol–water partition coefficient (Wildman–Crippen LogP) is 0.538. The minimum Gasteiger partial charge on any atom is -0.497 e. The zero-order chi connectivity index (χ0) is 16.9. The minimum atomic E-state index is -2.84. The third-order valence-electron chi connectivity index (χ3n) is 3.47. The molecule has 126 valence electrons. The van der Waals surface area contributed by atoms with Gasteiger partial charge in [-0.05, 0) is 18.2 Å². The van der Waals surface area contributed by atoms with Crippen molar-refractivity contribution in [2.45, 2.75) is 18.4 Å². The standard InChI is InChI=1S/C15H19F2N3O3/c1-23-11-4-2-3-10(7-11)13(21)18-5-6-19-14(22)12-8-15(16,17)9-20-12/h2-4,7,12,20H,5-6,8-9H2,1H3,(H,18,21)(H,19,22). The number of alkyl halides is 2. The second-order valence-electron chi connectivity index (χ2n) is 5.27. The highest BCUT2D eigenvalue weighted by molar-refractivity contribution is 5.94. The number of halogens is 2. The summed E-state index contributed by atoms with van der Waals surface area (Å²) in [5, 5.41) is 7.62. The van der Waals surface area contributed by atoms with Crippen LogP contribution in [0.3, 0.4) is 0 Å². The van der Waals surface area contributed by atoms with Gasteiger partial charge in [-0.25, -0.2) is 8.78 Å². The highest BCUT2D eigenvalue weighted by Crippen LogP contribution is 2.24. The van der Waals surface area contributed by atoms with Crippen LogP contribution in [0, 0.1) is 0 Å². The van der Waals surface area contributed by atoms with E-state index in [0.29, 0.717) is 11.3 Å². The third kappa shape index (κ3) is 4.88. The molecule has 0 radical (unpaired) electrons.